The second-order valence-corrected chi connectivity index (χ2v) is 6.78. The zero-order valence-corrected chi connectivity index (χ0v) is 14.7. The van der Waals surface area contributed by atoms with Gasteiger partial charge in [0.05, 0.1) is 17.1 Å². The van der Waals surface area contributed by atoms with Crippen LogP contribution in [0.25, 0.3) is 11.0 Å². The fraction of sp³-hybridized carbons (Fsp3) is 0.263. The molecule has 0 fully saturated rings. The van der Waals surface area contributed by atoms with E-state index < -0.39 is 0 Å². The van der Waals surface area contributed by atoms with Crippen LogP contribution in [-0.2, 0) is 0 Å². The molecule has 0 bridgehead atoms. The van der Waals surface area contributed by atoms with Gasteiger partial charge in [0.25, 0.3) is 5.91 Å². The zero-order valence-electron chi connectivity index (χ0n) is 13.9. The number of nitrogens with zero attached hydrogens (tertiary/aromatic N) is 1. The first-order chi connectivity index (χ1) is 11.4. The number of aromatic nitrogens is 2. The van der Waals surface area contributed by atoms with E-state index in [1.54, 1.807) is 24.3 Å². The first kappa shape index (κ1) is 16.5. The zero-order chi connectivity index (χ0) is 17.3. The number of fused-ring (bicyclic) bond motifs is 1. The number of hydrogen-bond donors (Lipinski definition) is 2. The Bertz CT molecular complexity index is 885. The summed E-state index contributed by atoms with van der Waals surface area (Å²) in [7, 11) is 0. The molecule has 2 N–H and O–H groups in total. The van der Waals surface area contributed by atoms with Crippen LogP contribution in [0.1, 0.15) is 41.6 Å². The molecule has 0 saturated carbocycles. The van der Waals surface area contributed by atoms with Gasteiger partial charge in [-0.1, -0.05) is 37.6 Å². The highest BCUT2D eigenvalue weighted by atomic mass is 35.5. The van der Waals surface area contributed by atoms with Gasteiger partial charge in [0.2, 0.25) is 0 Å². The minimum absolute atomic E-state index is 0.159. The lowest BCUT2D eigenvalue weighted by atomic mass is 10.0. The normalized spacial score (nSPS) is 12.5. The molecule has 0 spiro atoms. The molecule has 4 nitrogen and oxygen atoms in total. The molecule has 3 aromatic rings. The molecular formula is C19H20ClN3O. The first-order valence-corrected chi connectivity index (χ1v) is 8.34. The van der Waals surface area contributed by atoms with Crippen molar-refractivity contribution in [1.29, 1.82) is 0 Å². The van der Waals surface area contributed by atoms with E-state index in [0.29, 0.717) is 10.6 Å². The maximum absolute atomic E-state index is 12.5. The molecule has 124 valence electrons. The maximum Gasteiger partial charge on any atom is 0.251 e. The van der Waals surface area contributed by atoms with Crippen LogP contribution in [0.4, 0.5) is 0 Å². The predicted molar refractivity (Wildman–Crippen MR) is 97.3 cm³/mol. The third kappa shape index (κ3) is 3.44. The number of aromatic amines is 1. The highest BCUT2D eigenvalue weighted by molar-refractivity contribution is 6.30. The van der Waals surface area contributed by atoms with E-state index in [1.807, 2.05) is 19.1 Å². The minimum atomic E-state index is -0.204. The van der Waals surface area contributed by atoms with E-state index in [4.69, 9.17) is 11.6 Å². The van der Waals surface area contributed by atoms with E-state index in [0.717, 1.165) is 16.9 Å². The van der Waals surface area contributed by atoms with E-state index in [-0.39, 0.29) is 17.9 Å². The number of halogens is 1. The van der Waals surface area contributed by atoms with E-state index in [2.05, 4.69) is 35.2 Å². The Morgan fingerprint density at radius 3 is 2.71 bits per heavy atom. The van der Waals surface area contributed by atoms with Crippen LogP contribution in [0.15, 0.2) is 42.5 Å². The molecule has 0 radical (unpaired) electrons. The number of aryl methyl sites for hydroxylation is 1. The van der Waals surface area contributed by atoms with Crippen molar-refractivity contribution in [3.8, 4) is 0 Å². The summed E-state index contributed by atoms with van der Waals surface area (Å²) in [6.07, 6.45) is 0. The summed E-state index contributed by atoms with van der Waals surface area (Å²) in [5.41, 5.74) is 3.59. The Kier molecular flexibility index (Phi) is 4.58. The number of benzene rings is 2. The van der Waals surface area contributed by atoms with Crippen molar-refractivity contribution in [3.05, 3.63) is 64.4 Å². The van der Waals surface area contributed by atoms with Gasteiger partial charge in [0.1, 0.15) is 5.82 Å². The molecule has 1 unspecified atom stereocenters. The van der Waals surface area contributed by atoms with Crippen LogP contribution in [0, 0.1) is 12.8 Å². The monoisotopic (exact) mass is 341 g/mol. The van der Waals surface area contributed by atoms with Crippen LogP contribution in [0.2, 0.25) is 5.02 Å². The molecule has 3 rings (SSSR count). The highest BCUT2D eigenvalue weighted by Crippen LogP contribution is 2.23. The summed E-state index contributed by atoms with van der Waals surface area (Å²) in [4.78, 5) is 20.5. The molecule has 1 aromatic heterocycles. The Hall–Kier alpha value is -2.33. The van der Waals surface area contributed by atoms with Crippen molar-refractivity contribution in [2.75, 3.05) is 0 Å². The topological polar surface area (TPSA) is 57.8 Å². The molecule has 1 heterocycles. The number of carbonyl (C=O) groups excluding carboxylic acids is 1. The molecule has 0 aliphatic carbocycles. The smallest absolute Gasteiger partial charge is 0.251 e. The molecule has 5 heteroatoms. The fourth-order valence-electron chi connectivity index (χ4n) is 2.70. The summed E-state index contributed by atoms with van der Waals surface area (Å²) in [6.45, 7) is 6.16. The quantitative estimate of drug-likeness (QED) is 0.725. The first-order valence-electron chi connectivity index (χ1n) is 7.97. The standard InChI is InChI=1S/C19H20ClN3O/c1-11(2)17(23-19(24)13-5-4-6-14(20)10-13)18-21-15-8-7-12(3)9-16(15)22-18/h4-11,17H,1-3H3,(H,21,22)(H,23,24). The van der Waals surface area contributed by atoms with Gasteiger partial charge in [-0.05, 0) is 48.7 Å². The van der Waals surface area contributed by atoms with Crippen molar-refractivity contribution in [3.63, 3.8) is 0 Å². The third-order valence-electron chi connectivity index (χ3n) is 3.99. The van der Waals surface area contributed by atoms with Gasteiger partial charge in [0, 0.05) is 10.6 Å². The van der Waals surface area contributed by atoms with Crippen LogP contribution in [-0.4, -0.2) is 15.9 Å². The molecule has 2 aromatic carbocycles. The lowest BCUT2D eigenvalue weighted by Crippen LogP contribution is -2.32. The predicted octanol–water partition coefficient (Wildman–Crippen LogP) is 4.65. The highest BCUT2D eigenvalue weighted by Gasteiger charge is 2.22. The lowest BCUT2D eigenvalue weighted by Gasteiger charge is -2.20. The molecule has 0 aliphatic rings. The average molecular weight is 342 g/mol. The second-order valence-electron chi connectivity index (χ2n) is 6.35. The number of hydrogen-bond acceptors (Lipinski definition) is 2. The van der Waals surface area contributed by atoms with Crippen LogP contribution in [0.5, 0.6) is 0 Å². The average Bonchev–Trinajstić information content (AvgIpc) is 2.94. The molecular weight excluding hydrogens is 322 g/mol. The van der Waals surface area contributed by atoms with Gasteiger partial charge in [-0.2, -0.15) is 0 Å². The van der Waals surface area contributed by atoms with Crippen molar-refractivity contribution < 1.29 is 4.79 Å². The Labute approximate surface area is 146 Å². The number of nitrogens with one attached hydrogen (secondary N) is 2. The van der Waals surface area contributed by atoms with Crippen molar-refractivity contribution in [1.82, 2.24) is 15.3 Å². The largest absolute Gasteiger partial charge is 0.342 e. The van der Waals surface area contributed by atoms with E-state index in [1.165, 1.54) is 5.56 Å². The Morgan fingerprint density at radius 2 is 2.00 bits per heavy atom. The molecule has 0 aliphatic heterocycles. The van der Waals surface area contributed by atoms with Crippen molar-refractivity contribution in [2.24, 2.45) is 5.92 Å². The number of carbonyl (C=O) groups is 1. The molecule has 1 atom stereocenters. The Morgan fingerprint density at radius 1 is 1.21 bits per heavy atom. The third-order valence-corrected chi connectivity index (χ3v) is 4.23. The summed E-state index contributed by atoms with van der Waals surface area (Å²) >= 11 is 5.97. The SMILES string of the molecule is Cc1ccc2nc(C(NC(=O)c3cccc(Cl)c3)C(C)C)[nH]c2c1. The van der Waals surface area contributed by atoms with Crippen molar-refractivity contribution in [2.45, 2.75) is 26.8 Å². The van der Waals surface area contributed by atoms with Gasteiger partial charge >= 0.3 is 0 Å². The minimum Gasteiger partial charge on any atom is -0.342 e. The molecule has 24 heavy (non-hydrogen) atoms. The second kappa shape index (κ2) is 6.65. The summed E-state index contributed by atoms with van der Waals surface area (Å²) < 4.78 is 0. The number of rotatable bonds is 4. The van der Waals surface area contributed by atoms with Gasteiger partial charge in [0.15, 0.2) is 0 Å². The number of amides is 1. The fourth-order valence-corrected chi connectivity index (χ4v) is 2.89. The van der Waals surface area contributed by atoms with Gasteiger partial charge in [-0.3, -0.25) is 4.79 Å². The van der Waals surface area contributed by atoms with Crippen LogP contribution in [0.3, 0.4) is 0 Å². The summed E-state index contributed by atoms with van der Waals surface area (Å²) in [5.74, 6) is 0.795. The maximum atomic E-state index is 12.5. The van der Waals surface area contributed by atoms with Gasteiger partial charge < -0.3 is 10.3 Å². The Balaban J connectivity index is 1.90. The molecule has 1 amide bonds. The van der Waals surface area contributed by atoms with E-state index in [9.17, 15) is 4.79 Å². The number of H-pyrrole nitrogens is 1. The molecule has 0 saturated heterocycles. The lowest BCUT2D eigenvalue weighted by molar-refractivity contribution is 0.0923. The summed E-state index contributed by atoms with van der Waals surface area (Å²) in [6, 6.07) is 12.8. The van der Waals surface area contributed by atoms with Crippen molar-refractivity contribution >= 4 is 28.5 Å². The van der Waals surface area contributed by atoms with E-state index >= 15 is 0 Å². The van der Waals surface area contributed by atoms with Gasteiger partial charge in [-0.25, -0.2) is 4.98 Å². The number of imidazole rings is 1. The van der Waals surface area contributed by atoms with Crippen LogP contribution >= 0.6 is 11.6 Å². The van der Waals surface area contributed by atoms with Crippen LogP contribution < -0.4 is 5.32 Å². The summed E-state index contributed by atoms with van der Waals surface area (Å²) in [5, 5.41) is 3.60. The van der Waals surface area contributed by atoms with Gasteiger partial charge in [-0.15, -0.1) is 0 Å².